The van der Waals surface area contributed by atoms with Crippen molar-refractivity contribution in [2.75, 3.05) is 6.54 Å². The fourth-order valence-corrected chi connectivity index (χ4v) is 1.71. The van der Waals surface area contributed by atoms with Crippen LogP contribution in [-0.4, -0.2) is 6.54 Å². The van der Waals surface area contributed by atoms with Gasteiger partial charge in [0.1, 0.15) is 11.5 Å². The maximum atomic E-state index is 13.9. The molecular formula is C12H17F2N. The van der Waals surface area contributed by atoms with Crippen LogP contribution < -0.4 is 5.73 Å². The Morgan fingerprint density at radius 2 is 2.00 bits per heavy atom. The van der Waals surface area contributed by atoms with Gasteiger partial charge in [0.15, 0.2) is 0 Å². The number of rotatable bonds is 3. The van der Waals surface area contributed by atoms with Crippen LogP contribution in [0.2, 0.25) is 0 Å². The van der Waals surface area contributed by atoms with Crippen LogP contribution >= 0.6 is 0 Å². The lowest BCUT2D eigenvalue weighted by molar-refractivity contribution is 0.211. The molecule has 1 aromatic carbocycles. The first-order valence-electron chi connectivity index (χ1n) is 5.05. The maximum Gasteiger partial charge on any atom is 0.133 e. The molecule has 0 bridgehead atoms. The minimum absolute atomic E-state index is 0.0364. The summed E-state index contributed by atoms with van der Waals surface area (Å²) in [6.07, 6.45) is 0. The van der Waals surface area contributed by atoms with E-state index in [1.807, 2.05) is 6.92 Å². The van der Waals surface area contributed by atoms with Crippen LogP contribution in [0.5, 0.6) is 0 Å². The largest absolute Gasteiger partial charge is 0.330 e. The van der Waals surface area contributed by atoms with Gasteiger partial charge in [-0.1, -0.05) is 19.1 Å². The molecule has 3 heteroatoms. The van der Waals surface area contributed by atoms with Crippen molar-refractivity contribution < 1.29 is 8.78 Å². The highest BCUT2D eigenvalue weighted by Crippen LogP contribution is 2.33. The first-order valence-corrected chi connectivity index (χ1v) is 5.05. The second-order valence-corrected chi connectivity index (χ2v) is 4.31. The van der Waals surface area contributed by atoms with E-state index in [1.165, 1.54) is 19.9 Å². The Labute approximate surface area is 89.3 Å². The topological polar surface area (TPSA) is 26.0 Å². The van der Waals surface area contributed by atoms with E-state index in [9.17, 15) is 8.78 Å². The molecule has 0 fully saturated rings. The lowest BCUT2D eigenvalue weighted by Crippen LogP contribution is -2.19. The average molecular weight is 213 g/mol. The second-order valence-electron chi connectivity index (χ2n) is 4.31. The summed E-state index contributed by atoms with van der Waals surface area (Å²) in [6, 6.07) is 4.60. The second kappa shape index (κ2) is 4.27. The van der Waals surface area contributed by atoms with E-state index in [0.717, 1.165) is 0 Å². The zero-order chi connectivity index (χ0) is 11.6. The van der Waals surface area contributed by atoms with E-state index in [-0.39, 0.29) is 11.5 Å². The third-order valence-electron chi connectivity index (χ3n) is 2.52. The molecule has 0 saturated carbocycles. The molecule has 0 radical (unpaired) electrons. The monoisotopic (exact) mass is 213 g/mol. The fraction of sp³-hybridized carbons (Fsp3) is 0.500. The third kappa shape index (κ3) is 2.53. The Morgan fingerprint density at radius 1 is 1.40 bits per heavy atom. The molecule has 0 aromatic heterocycles. The van der Waals surface area contributed by atoms with Gasteiger partial charge < -0.3 is 5.73 Å². The highest BCUT2D eigenvalue weighted by Gasteiger charge is 2.27. The Balaban J connectivity index is 3.33. The average Bonchev–Trinajstić information content (AvgIpc) is 2.14. The predicted octanol–water partition coefficient (Wildman–Crippen LogP) is 3.09. The van der Waals surface area contributed by atoms with Gasteiger partial charge in [0.05, 0.1) is 0 Å². The van der Waals surface area contributed by atoms with E-state index in [2.05, 4.69) is 0 Å². The summed E-state index contributed by atoms with van der Waals surface area (Å²) in [5, 5.41) is 0. The van der Waals surface area contributed by atoms with Crippen LogP contribution in [0.15, 0.2) is 18.2 Å². The highest BCUT2D eigenvalue weighted by atomic mass is 19.1. The standard InChI is InChI=1S/C12H17F2N/c1-8(7-15)9-5-4-6-10(13)11(9)12(2,3)14/h4-6,8H,7,15H2,1-3H3. The summed E-state index contributed by atoms with van der Waals surface area (Å²) in [5.41, 5.74) is 4.63. The van der Waals surface area contributed by atoms with Gasteiger partial charge in [-0.25, -0.2) is 8.78 Å². The van der Waals surface area contributed by atoms with E-state index < -0.39 is 11.5 Å². The smallest absolute Gasteiger partial charge is 0.133 e. The molecule has 2 N–H and O–H groups in total. The van der Waals surface area contributed by atoms with Gasteiger partial charge in [0.25, 0.3) is 0 Å². The van der Waals surface area contributed by atoms with Crippen molar-refractivity contribution in [2.24, 2.45) is 5.73 Å². The van der Waals surface area contributed by atoms with Gasteiger partial charge in [-0.15, -0.1) is 0 Å². The summed E-state index contributed by atoms with van der Waals surface area (Å²) in [4.78, 5) is 0. The molecule has 0 amide bonds. The molecular weight excluding hydrogens is 196 g/mol. The van der Waals surface area contributed by atoms with E-state index in [0.29, 0.717) is 12.1 Å². The quantitative estimate of drug-likeness (QED) is 0.820. The van der Waals surface area contributed by atoms with Crippen LogP contribution in [0.1, 0.15) is 37.8 Å². The van der Waals surface area contributed by atoms with Crippen LogP contribution in [-0.2, 0) is 5.67 Å². The van der Waals surface area contributed by atoms with Crippen molar-refractivity contribution in [3.05, 3.63) is 35.1 Å². The molecule has 1 aromatic rings. The molecule has 0 aliphatic carbocycles. The molecule has 0 heterocycles. The predicted molar refractivity (Wildman–Crippen MR) is 58.0 cm³/mol. The number of alkyl halides is 1. The minimum Gasteiger partial charge on any atom is -0.330 e. The molecule has 1 nitrogen and oxygen atoms in total. The van der Waals surface area contributed by atoms with Gasteiger partial charge in [-0.2, -0.15) is 0 Å². The first kappa shape index (κ1) is 12.1. The number of benzene rings is 1. The van der Waals surface area contributed by atoms with E-state index >= 15 is 0 Å². The zero-order valence-electron chi connectivity index (χ0n) is 9.35. The Morgan fingerprint density at radius 3 is 2.47 bits per heavy atom. The summed E-state index contributed by atoms with van der Waals surface area (Å²) in [7, 11) is 0. The molecule has 0 aliphatic rings. The number of halogens is 2. The van der Waals surface area contributed by atoms with Crippen LogP contribution in [0.3, 0.4) is 0 Å². The van der Waals surface area contributed by atoms with Crippen molar-refractivity contribution in [1.82, 2.24) is 0 Å². The molecule has 84 valence electrons. The van der Waals surface area contributed by atoms with E-state index in [1.54, 1.807) is 12.1 Å². The van der Waals surface area contributed by atoms with Crippen molar-refractivity contribution in [2.45, 2.75) is 32.4 Å². The summed E-state index contributed by atoms with van der Waals surface area (Å²) < 4.78 is 27.4. The van der Waals surface area contributed by atoms with E-state index in [4.69, 9.17) is 5.73 Å². The van der Waals surface area contributed by atoms with Crippen molar-refractivity contribution in [3.63, 3.8) is 0 Å². The minimum atomic E-state index is -1.68. The summed E-state index contributed by atoms with van der Waals surface area (Å²) in [5.74, 6) is -0.536. The number of nitrogens with two attached hydrogens (primary N) is 1. The van der Waals surface area contributed by atoms with Crippen molar-refractivity contribution in [1.29, 1.82) is 0 Å². The first-order chi connectivity index (χ1) is 6.88. The molecule has 0 spiro atoms. The van der Waals surface area contributed by atoms with Crippen LogP contribution in [0.25, 0.3) is 0 Å². The van der Waals surface area contributed by atoms with Gasteiger partial charge in [-0.05, 0) is 37.9 Å². The van der Waals surface area contributed by atoms with Crippen molar-refractivity contribution in [3.8, 4) is 0 Å². The Kier molecular flexibility index (Phi) is 3.45. The molecule has 15 heavy (non-hydrogen) atoms. The molecule has 1 unspecified atom stereocenters. The summed E-state index contributed by atoms with van der Waals surface area (Å²) in [6.45, 7) is 4.97. The van der Waals surface area contributed by atoms with Crippen LogP contribution in [0, 0.1) is 5.82 Å². The summed E-state index contributed by atoms with van der Waals surface area (Å²) >= 11 is 0. The number of hydrogen-bond donors (Lipinski definition) is 1. The normalized spacial score (nSPS) is 14.0. The molecule has 0 saturated heterocycles. The highest BCUT2D eigenvalue weighted by molar-refractivity contribution is 5.35. The molecule has 0 aliphatic heterocycles. The van der Waals surface area contributed by atoms with Gasteiger partial charge in [-0.3, -0.25) is 0 Å². The maximum absolute atomic E-state index is 13.9. The van der Waals surface area contributed by atoms with Gasteiger partial charge in [0, 0.05) is 5.56 Å². The lowest BCUT2D eigenvalue weighted by atomic mass is 9.88. The van der Waals surface area contributed by atoms with Crippen LogP contribution in [0.4, 0.5) is 8.78 Å². The fourth-order valence-electron chi connectivity index (χ4n) is 1.71. The molecule has 1 atom stereocenters. The number of hydrogen-bond acceptors (Lipinski definition) is 1. The lowest BCUT2D eigenvalue weighted by Gasteiger charge is -2.22. The third-order valence-corrected chi connectivity index (χ3v) is 2.52. The van der Waals surface area contributed by atoms with Gasteiger partial charge >= 0.3 is 0 Å². The zero-order valence-corrected chi connectivity index (χ0v) is 9.35. The Hall–Kier alpha value is -0.960. The molecule has 1 rings (SSSR count). The SMILES string of the molecule is CC(CN)c1cccc(F)c1C(C)(C)F. The van der Waals surface area contributed by atoms with Crippen molar-refractivity contribution >= 4 is 0 Å². The Bertz CT molecular complexity index is 342. The van der Waals surface area contributed by atoms with Gasteiger partial charge in [0.2, 0.25) is 0 Å².